The van der Waals surface area contributed by atoms with Gasteiger partial charge in [-0.3, -0.25) is 19.9 Å². The molecular formula is C15H13N3O3. The number of hydrogen-bond acceptors (Lipinski definition) is 4. The Morgan fingerprint density at radius 2 is 1.86 bits per heavy atom. The number of pyridine rings is 1. The van der Waals surface area contributed by atoms with Crippen LogP contribution in [0.3, 0.4) is 0 Å². The quantitative estimate of drug-likeness (QED) is 0.810. The van der Waals surface area contributed by atoms with Gasteiger partial charge in [0.05, 0.1) is 17.4 Å². The molecule has 106 valence electrons. The highest BCUT2D eigenvalue weighted by Crippen LogP contribution is 2.29. The first-order chi connectivity index (χ1) is 9.91. The summed E-state index contributed by atoms with van der Waals surface area (Å²) in [7, 11) is 0. The molecule has 6 nitrogen and oxygen atoms in total. The van der Waals surface area contributed by atoms with Crippen LogP contribution in [0.5, 0.6) is 0 Å². The Bertz CT molecular complexity index is 783. The first kappa shape index (κ1) is 13.2. The van der Waals surface area contributed by atoms with E-state index in [1.807, 2.05) is 24.3 Å². The zero-order chi connectivity index (χ0) is 15.2. The number of nitrogens with zero attached hydrogens (tertiary/aromatic N) is 2. The van der Waals surface area contributed by atoms with Crippen LogP contribution in [0.2, 0.25) is 0 Å². The zero-order valence-corrected chi connectivity index (χ0v) is 11.6. The number of amides is 4. The second-order valence-corrected chi connectivity index (χ2v) is 5.41. The van der Waals surface area contributed by atoms with Crippen LogP contribution < -0.4 is 10.2 Å². The summed E-state index contributed by atoms with van der Waals surface area (Å²) in [5.74, 6) is -1.16. The Balaban J connectivity index is 2.10. The Labute approximate surface area is 120 Å². The van der Waals surface area contributed by atoms with Gasteiger partial charge in [0.1, 0.15) is 5.41 Å². The van der Waals surface area contributed by atoms with Gasteiger partial charge in [-0.25, -0.2) is 9.69 Å². The second-order valence-electron chi connectivity index (χ2n) is 5.41. The average molecular weight is 283 g/mol. The van der Waals surface area contributed by atoms with Gasteiger partial charge < -0.3 is 0 Å². The molecular weight excluding hydrogens is 270 g/mol. The average Bonchev–Trinajstić information content (AvgIpc) is 2.45. The minimum Gasteiger partial charge on any atom is -0.276 e. The number of imide groups is 2. The molecule has 1 saturated heterocycles. The third kappa shape index (κ3) is 1.96. The number of rotatable bonds is 1. The summed E-state index contributed by atoms with van der Waals surface area (Å²) in [6.07, 6.45) is 1.45. The van der Waals surface area contributed by atoms with E-state index < -0.39 is 23.3 Å². The van der Waals surface area contributed by atoms with Crippen LogP contribution in [-0.2, 0) is 9.59 Å². The lowest BCUT2D eigenvalue weighted by Gasteiger charge is -2.34. The van der Waals surface area contributed by atoms with Crippen molar-refractivity contribution < 1.29 is 14.4 Å². The van der Waals surface area contributed by atoms with Crippen molar-refractivity contribution in [2.75, 3.05) is 4.90 Å². The molecule has 0 bridgehead atoms. The maximum absolute atomic E-state index is 12.4. The topological polar surface area (TPSA) is 79.4 Å². The summed E-state index contributed by atoms with van der Waals surface area (Å²) in [5, 5.41) is 3.01. The third-order valence-electron chi connectivity index (χ3n) is 3.56. The van der Waals surface area contributed by atoms with Gasteiger partial charge in [-0.2, -0.15) is 0 Å². The number of aromatic nitrogens is 1. The van der Waals surface area contributed by atoms with Gasteiger partial charge in [0, 0.05) is 5.39 Å². The van der Waals surface area contributed by atoms with Gasteiger partial charge in [-0.15, -0.1) is 0 Å². The molecule has 6 heteroatoms. The summed E-state index contributed by atoms with van der Waals surface area (Å²) >= 11 is 0. The molecule has 21 heavy (non-hydrogen) atoms. The van der Waals surface area contributed by atoms with Crippen LogP contribution in [0, 0.1) is 5.41 Å². The fourth-order valence-electron chi connectivity index (χ4n) is 2.19. The largest absolute Gasteiger partial charge is 0.335 e. The SMILES string of the molecule is CC1(C)C(=O)NC(=O)N(c2cnc3ccccc3c2)C1=O. The van der Waals surface area contributed by atoms with E-state index in [2.05, 4.69) is 10.3 Å². The molecule has 1 fully saturated rings. The maximum Gasteiger partial charge on any atom is 0.335 e. The summed E-state index contributed by atoms with van der Waals surface area (Å²) in [4.78, 5) is 41.3. The number of urea groups is 1. The molecule has 0 radical (unpaired) electrons. The highest BCUT2D eigenvalue weighted by molar-refractivity contribution is 6.29. The minimum absolute atomic E-state index is 0.344. The number of benzene rings is 1. The first-order valence-corrected chi connectivity index (χ1v) is 6.46. The van der Waals surface area contributed by atoms with Crippen molar-refractivity contribution in [2.45, 2.75) is 13.8 Å². The highest BCUT2D eigenvalue weighted by Gasteiger charge is 2.47. The number of fused-ring (bicyclic) bond motifs is 1. The van der Waals surface area contributed by atoms with Crippen LogP contribution in [0.25, 0.3) is 10.9 Å². The van der Waals surface area contributed by atoms with Crippen LogP contribution in [0.15, 0.2) is 36.5 Å². The summed E-state index contributed by atoms with van der Waals surface area (Å²) < 4.78 is 0. The number of nitrogens with one attached hydrogen (secondary N) is 1. The molecule has 0 aliphatic carbocycles. The monoisotopic (exact) mass is 283 g/mol. The minimum atomic E-state index is -1.29. The smallest absolute Gasteiger partial charge is 0.276 e. The molecule has 3 rings (SSSR count). The Kier molecular flexibility index (Phi) is 2.76. The fourth-order valence-corrected chi connectivity index (χ4v) is 2.19. The van der Waals surface area contributed by atoms with Crippen LogP contribution in [0.1, 0.15) is 13.8 Å². The third-order valence-corrected chi connectivity index (χ3v) is 3.56. The molecule has 2 heterocycles. The van der Waals surface area contributed by atoms with Crippen LogP contribution >= 0.6 is 0 Å². The standard InChI is InChI=1S/C15H13N3O3/c1-15(2)12(19)17-14(21)18(13(15)20)10-7-9-5-3-4-6-11(9)16-8-10/h3-8H,1-2H3,(H,17,19,21). The zero-order valence-electron chi connectivity index (χ0n) is 11.6. The van der Waals surface area contributed by atoms with Gasteiger partial charge >= 0.3 is 6.03 Å². The predicted molar refractivity (Wildman–Crippen MR) is 76.5 cm³/mol. The Morgan fingerprint density at radius 1 is 1.14 bits per heavy atom. The molecule has 4 amide bonds. The van der Waals surface area contributed by atoms with E-state index in [4.69, 9.17) is 0 Å². The van der Waals surface area contributed by atoms with E-state index in [-0.39, 0.29) is 0 Å². The van der Waals surface area contributed by atoms with Crippen molar-refractivity contribution in [1.29, 1.82) is 0 Å². The number of carbonyl (C=O) groups excluding carboxylic acids is 3. The number of barbiturate groups is 1. The van der Waals surface area contributed by atoms with E-state index in [0.717, 1.165) is 15.8 Å². The second kappa shape index (κ2) is 4.37. The molecule has 1 aromatic carbocycles. The van der Waals surface area contributed by atoms with Crippen molar-refractivity contribution in [3.05, 3.63) is 36.5 Å². The van der Waals surface area contributed by atoms with Crippen molar-refractivity contribution in [3.8, 4) is 0 Å². The molecule has 0 atom stereocenters. The van der Waals surface area contributed by atoms with E-state index in [1.54, 1.807) is 6.07 Å². The summed E-state index contributed by atoms with van der Waals surface area (Å²) in [6.45, 7) is 2.97. The molecule has 1 N–H and O–H groups in total. The molecule has 1 aromatic heterocycles. The molecule has 2 aromatic rings. The number of hydrogen-bond donors (Lipinski definition) is 1. The van der Waals surface area contributed by atoms with E-state index >= 15 is 0 Å². The van der Waals surface area contributed by atoms with E-state index in [1.165, 1.54) is 20.0 Å². The fraction of sp³-hybridized carbons (Fsp3) is 0.200. The number of anilines is 1. The highest BCUT2D eigenvalue weighted by atomic mass is 16.2. The maximum atomic E-state index is 12.4. The predicted octanol–water partition coefficient (Wildman–Crippen LogP) is 1.84. The van der Waals surface area contributed by atoms with Gasteiger partial charge in [0.25, 0.3) is 0 Å². The summed E-state index contributed by atoms with van der Waals surface area (Å²) in [6, 6.07) is 8.33. The van der Waals surface area contributed by atoms with Gasteiger partial charge in [0.2, 0.25) is 11.8 Å². The van der Waals surface area contributed by atoms with E-state index in [9.17, 15) is 14.4 Å². The van der Waals surface area contributed by atoms with E-state index in [0.29, 0.717) is 5.69 Å². The Hall–Kier alpha value is -2.76. The number of carbonyl (C=O) groups is 3. The lowest BCUT2D eigenvalue weighted by Crippen LogP contribution is -2.62. The Morgan fingerprint density at radius 3 is 2.62 bits per heavy atom. The lowest BCUT2D eigenvalue weighted by atomic mass is 9.88. The van der Waals surface area contributed by atoms with Crippen molar-refractivity contribution in [2.24, 2.45) is 5.41 Å². The molecule has 0 saturated carbocycles. The molecule has 0 unspecified atom stereocenters. The van der Waals surface area contributed by atoms with Gasteiger partial charge in [0.15, 0.2) is 0 Å². The van der Waals surface area contributed by atoms with Crippen LogP contribution in [0.4, 0.5) is 10.5 Å². The normalized spacial score (nSPS) is 18.0. The molecule has 0 spiro atoms. The molecule has 1 aliphatic heterocycles. The first-order valence-electron chi connectivity index (χ1n) is 6.46. The van der Waals surface area contributed by atoms with Gasteiger partial charge in [-0.05, 0) is 26.0 Å². The lowest BCUT2D eigenvalue weighted by molar-refractivity contribution is -0.140. The van der Waals surface area contributed by atoms with Crippen molar-refractivity contribution in [3.63, 3.8) is 0 Å². The van der Waals surface area contributed by atoms with Crippen LogP contribution in [-0.4, -0.2) is 22.8 Å². The molecule has 1 aliphatic rings. The van der Waals surface area contributed by atoms with Gasteiger partial charge in [-0.1, -0.05) is 18.2 Å². The number of para-hydroxylation sites is 1. The summed E-state index contributed by atoms with van der Waals surface area (Å²) in [5.41, 5.74) is -0.183. The van der Waals surface area contributed by atoms with Crippen molar-refractivity contribution >= 4 is 34.4 Å². The van der Waals surface area contributed by atoms with Crippen molar-refractivity contribution in [1.82, 2.24) is 10.3 Å².